The van der Waals surface area contributed by atoms with Crippen LogP contribution in [-0.2, 0) is 26.0 Å². The van der Waals surface area contributed by atoms with Gasteiger partial charge < -0.3 is 0 Å². The maximum absolute atomic E-state index is 6.40. The average molecular weight is 403 g/mol. The molecule has 0 amide bonds. The Morgan fingerprint density at radius 1 is 1.08 bits per heavy atom. The minimum Gasteiger partial charge on any atom is -0.147 e. The van der Waals surface area contributed by atoms with Gasteiger partial charge in [-0.2, -0.15) is 0 Å². The molecule has 1 nitrogen and oxygen atoms in total. The summed E-state index contributed by atoms with van der Waals surface area (Å²) in [5.41, 5.74) is 7.00. The average Bonchev–Trinajstić information content (AvgIpc) is 2.61. The van der Waals surface area contributed by atoms with E-state index < -0.39 is 19.5 Å². The molecule has 0 aliphatic heterocycles. The summed E-state index contributed by atoms with van der Waals surface area (Å²) in [5.74, 6) is 1.07. The van der Waals surface area contributed by atoms with Crippen molar-refractivity contribution < 1.29 is 22.9 Å². The van der Waals surface area contributed by atoms with E-state index in [0.717, 1.165) is 12.2 Å². The number of rotatable bonds is 5. The van der Waals surface area contributed by atoms with Crippen LogP contribution in [0, 0.1) is 12.3 Å². The number of para-hydroxylation sites is 1. The summed E-state index contributed by atoms with van der Waals surface area (Å²) >= 11 is -0.638. The molecule has 0 radical (unpaired) electrons. The predicted molar refractivity (Wildman–Crippen MR) is 105 cm³/mol. The third kappa shape index (κ3) is 4.38. The number of hydrogen-bond donors (Lipinski definition) is 0. The summed E-state index contributed by atoms with van der Waals surface area (Å²) < 4.78 is 7.92. The molecule has 0 heterocycles. The van der Waals surface area contributed by atoms with E-state index in [0.29, 0.717) is 0 Å². The number of benzene rings is 1. The molecule has 1 aliphatic carbocycles. The van der Waals surface area contributed by atoms with E-state index in [1.165, 1.54) is 31.7 Å². The van der Waals surface area contributed by atoms with Crippen molar-refractivity contribution >= 4 is 24.8 Å². The van der Waals surface area contributed by atoms with E-state index >= 15 is 0 Å². The fourth-order valence-corrected chi connectivity index (χ4v) is 5.07. The third-order valence-electron chi connectivity index (χ3n) is 4.98. The van der Waals surface area contributed by atoms with Gasteiger partial charge in [0.25, 0.3) is 0 Å². The molecule has 2 rings (SSSR count). The van der Waals surface area contributed by atoms with Crippen LogP contribution in [0.3, 0.4) is 0 Å². The van der Waals surface area contributed by atoms with Crippen molar-refractivity contribution in [2.75, 3.05) is 0 Å². The molecule has 0 atom stereocenters. The maximum atomic E-state index is 6.40. The Kier molecular flexibility index (Phi) is 9.11. The van der Waals surface area contributed by atoms with Gasteiger partial charge in [0.2, 0.25) is 0 Å². The standard InChI is InChI=1S/C10H12O.C10H15.2ClH.Ti/c1-3-5-9-7-4-6-8(2)10(9)11;1-7-6-10(4,5)9(3)8(7)2;;;/h3-4,6-7,11H,1,5H2,2H3;1-5H3;2*1H;/q;;;;+1/p-1. The van der Waals surface area contributed by atoms with Crippen LogP contribution in [0.1, 0.15) is 45.7 Å². The number of aryl methyl sites for hydroxylation is 1. The second kappa shape index (κ2) is 9.29. The van der Waals surface area contributed by atoms with E-state index in [2.05, 4.69) is 66.3 Å². The van der Waals surface area contributed by atoms with Gasteiger partial charge in [-0.05, 0) is 0 Å². The zero-order valence-electron chi connectivity index (χ0n) is 15.4. The van der Waals surface area contributed by atoms with Gasteiger partial charge in [0.1, 0.15) is 0 Å². The van der Waals surface area contributed by atoms with Gasteiger partial charge >= 0.3 is 145 Å². The van der Waals surface area contributed by atoms with Gasteiger partial charge in [-0.1, -0.05) is 0 Å². The largest absolute Gasteiger partial charge is 0.147 e. The van der Waals surface area contributed by atoms with Crippen molar-refractivity contribution in [3.8, 4) is 5.75 Å². The summed E-state index contributed by atoms with van der Waals surface area (Å²) in [6, 6.07) is 6.37. The topological polar surface area (TPSA) is 9.23 Å². The Bertz CT molecular complexity index is 672. The smallest absolute Gasteiger partial charge is 0.147 e. The zero-order chi connectivity index (χ0) is 16.5. The van der Waals surface area contributed by atoms with Crippen molar-refractivity contribution in [1.82, 2.24) is 0 Å². The van der Waals surface area contributed by atoms with Crippen LogP contribution in [0.2, 0.25) is 0 Å². The molecule has 0 aromatic heterocycles. The minimum absolute atomic E-state index is 0. The molecule has 1 aromatic carbocycles. The van der Waals surface area contributed by atoms with E-state index in [1.807, 2.05) is 6.08 Å². The second-order valence-corrected chi connectivity index (χ2v) is 8.05. The fourth-order valence-electron chi connectivity index (χ4n) is 3.08. The molecule has 0 fully saturated rings. The Morgan fingerprint density at radius 2 is 1.71 bits per heavy atom. The van der Waals surface area contributed by atoms with Crippen LogP contribution in [0.15, 0.2) is 51.5 Å². The van der Waals surface area contributed by atoms with Crippen molar-refractivity contribution in [1.29, 1.82) is 0 Å². The molecule has 132 valence electrons. The van der Waals surface area contributed by atoms with Gasteiger partial charge in [-0.3, -0.25) is 0 Å². The van der Waals surface area contributed by atoms with Crippen LogP contribution < -0.4 is 3.32 Å². The van der Waals surface area contributed by atoms with Crippen molar-refractivity contribution in [3.05, 3.63) is 62.6 Å². The van der Waals surface area contributed by atoms with E-state index in [4.69, 9.17) is 3.32 Å². The first kappa shape index (κ1) is 23.5. The molecule has 1 aromatic rings. The van der Waals surface area contributed by atoms with Crippen molar-refractivity contribution in [3.63, 3.8) is 0 Å². The van der Waals surface area contributed by atoms with E-state index in [9.17, 15) is 0 Å². The normalized spacial score (nSPS) is 15.6. The molecule has 0 saturated heterocycles. The predicted octanol–water partition coefficient (Wildman–Crippen LogP) is 6.59. The Hall–Kier alpha value is -0.466. The first-order chi connectivity index (χ1) is 10.3. The first-order valence-electron chi connectivity index (χ1n) is 7.82. The molecule has 0 N–H and O–H groups in total. The van der Waals surface area contributed by atoms with Crippen molar-refractivity contribution in [2.24, 2.45) is 5.41 Å². The monoisotopic (exact) mass is 402 g/mol. The van der Waals surface area contributed by atoms with Crippen LogP contribution in [0.5, 0.6) is 5.75 Å². The number of allylic oxidation sites excluding steroid dienone is 5. The van der Waals surface area contributed by atoms with Gasteiger partial charge in [0.15, 0.2) is 0 Å². The molecule has 0 spiro atoms. The first-order valence-corrected chi connectivity index (χ1v) is 9.24. The molecular weight excluding hydrogens is 375 g/mol. The number of hydrogen-bond acceptors (Lipinski definition) is 1. The maximum Gasteiger partial charge on any atom is -0.147 e. The summed E-state index contributed by atoms with van der Waals surface area (Å²) in [6.07, 6.45) is 2.81. The van der Waals surface area contributed by atoms with Crippen LogP contribution in [0.25, 0.3) is 0 Å². The minimum atomic E-state index is -0.638. The Labute approximate surface area is 168 Å². The van der Waals surface area contributed by atoms with Gasteiger partial charge in [0, 0.05) is 0 Å². The number of halogens is 2. The van der Waals surface area contributed by atoms with E-state index in [-0.39, 0.29) is 30.2 Å². The summed E-state index contributed by atoms with van der Waals surface area (Å²) in [5, 5.41) is 0. The second-order valence-electron chi connectivity index (χ2n) is 6.64. The summed E-state index contributed by atoms with van der Waals surface area (Å²) in [7, 11) is 0. The third-order valence-corrected chi connectivity index (χ3v) is 7.33. The molecule has 0 bridgehead atoms. The van der Waals surface area contributed by atoms with Crippen LogP contribution >= 0.6 is 24.8 Å². The molecule has 0 saturated carbocycles. The molecule has 4 heteroatoms. The van der Waals surface area contributed by atoms with Crippen molar-refractivity contribution in [2.45, 2.75) is 48.0 Å². The van der Waals surface area contributed by atoms with E-state index in [1.54, 1.807) is 0 Å². The molecule has 24 heavy (non-hydrogen) atoms. The fraction of sp³-hybridized carbons (Fsp3) is 0.400. The summed E-state index contributed by atoms with van der Waals surface area (Å²) in [4.78, 5) is 0. The van der Waals surface area contributed by atoms with Crippen LogP contribution in [-0.4, -0.2) is 0 Å². The molecule has 0 unspecified atom stereocenters. The molecular formula is C20H28Cl2OTi. The Balaban J connectivity index is 0.00000264. The van der Waals surface area contributed by atoms with Crippen LogP contribution in [0.4, 0.5) is 0 Å². The van der Waals surface area contributed by atoms with Gasteiger partial charge in [-0.25, -0.2) is 0 Å². The Morgan fingerprint density at radius 3 is 2.21 bits per heavy atom. The SMILES string of the molecule is C=CCc1cccc(C)c1[O][Ti][C]1=C(C)C(C)=C(C)C1(C)C.Cl.Cl. The molecule has 1 aliphatic rings. The summed E-state index contributed by atoms with van der Waals surface area (Å²) in [6.45, 7) is 17.4. The van der Waals surface area contributed by atoms with Gasteiger partial charge in [-0.15, -0.1) is 24.8 Å². The quantitative estimate of drug-likeness (QED) is 0.398. The zero-order valence-corrected chi connectivity index (χ0v) is 18.6. The van der Waals surface area contributed by atoms with Gasteiger partial charge in [0.05, 0.1) is 0 Å².